The van der Waals surface area contributed by atoms with Crippen molar-refractivity contribution in [2.75, 3.05) is 7.05 Å². The molecule has 25 heavy (non-hydrogen) atoms. The maximum absolute atomic E-state index is 13.4. The Balaban J connectivity index is 2.09. The minimum absolute atomic E-state index is 0.00799. The van der Waals surface area contributed by atoms with Gasteiger partial charge in [0.25, 0.3) is 5.91 Å². The molecule has 2 aromatic rings. The van der Waals surface area contributed by atoms with Gasteiger partial charge in [-0.2, -0.15) is 0 Å². The van der Waals surface area contributed by atoms with Crippen LogP contribution >= 0.6 is 0 Å². The lowest BCUT2D eigenvalue weighted by Gasteiger charge is -2.28. The van der Waals surface area contributed by atoms with Crippen LogP contribution in [0, 0.1) is 23.3 Å². The summed E-state index contributed by atoms with van der Waals surface area (Å²) in [6.45, 7) is 3.10. The highest BCUT2D eigenvalue weighted by Crippen LogP contribution is 2.23. The van der Waals surface area contributed by atoms with Crippen LogP contribution in [0.2, 0.25) is 0 Å². The summed E-state index contributed by atoms with van der Waals surface area (Å²) in [6.07, 6.45) is -0.984. The van der Waals surface area contributed by atoms with Gasteiger partial charge in [0, 0.05) is 13.1 Å². The van der Waals surface area contributed by atoms with Crippen LogP contribution in [0.5, 0.6) is 5.75 Å². The number of nitrogens with zero attached hydrogens (tertiary/aromatic N) is 1. The minimum atomic E-state index is -1.08. The van der Waals surface area contributed by atoms with Gasteiger partial charge in [0.15, 0.2) is 29.4 Å². The lowest BCUT2D eigenvalue weighted by Crippen LogP contribution is -2.39. The summed E-state index contributed by atoms with van der Waals surface area (Å²) in [4.78, 5) is 13.7. The van der Waals surface area contributed by atoms with Crippen molar-refractivity contribution >= 4 is 5.91 Å². The average Bonchev–Trinajstić information content (AvgIpc) is 2.58. The Hall–Kier alpha value is -2.57. The first-order chi connectivity index (χ1) is 11.7. The molecule has 0 fully saturated rings. The molecule has 1 amide bonds. The zero-order valence-corrected chi connectivity index (χ0v) is 13.9. The largest absolute Gasteiger partial charge is 0.481 e. The van der Waals surface area contributed by atoms with Crippen molar-refractivity contribution in [1.29, 1.82) is 0 Å². The highest BCUT2D eigenvalue weighted by atomic mass is 19.2. The van der Waals surface area contributed by atoms with Gasteiger partial charge in [-0.1, -0.05) is 6.07 Å². The van der Waals surface area contributed by atoms with Gasteiger partial charge in [-0.05, 0) is 43.7 Å². The van der Waals surface area contributed by atoms with E-state index >= 15 is 0 Å². The van der Waals surface area contributed by atoms with Crippen molar-refractivity contribution in [3.05, 3.63) is 65.2 Å². The highest BCUT2D eigenvalue weighted by molar-refractivity contribution is 5.81. The van der Waals surface area contributed by atoms with Crippen molar-refractivity contribution in [2.24, 2.45) is 0 Å². The maximum atomic E-state index is 13.4. The van der Waals surface area contributed by atoms with E-state index in [4.69, 9.17) is 4.74 Å². The Morgan fingerprint density at radius 1 is 0.920 bits per heavy atom. The van der Waals surface area contributed by atoms with Crippen LogP contribution in [0.1, 0.15) is 25.5 Å². The quantitative estimate of drug-likeness (QED) is 0.751. The van der Waals surface area contributed by atoms with E-state index in [1.165, 1.54) is 31.0 Å². The number of ether oxygens (including phenoxy) is 1. The summed E-state index contributed by atoms with van der Waals surface area (Å²) in [7, 11) is 1.49. The summed E-state index contributed by atoms with van der Waals surface area (Å²) in [5.41, 5.74) is 0.412. The first-order valence-corrected chi connectivity index (χ1v) is 7.54. The van der Waals surface area contributed by atoms with Crippen LogP contribution in [-0.4, -0.2) is 24.0 Å². The molecule has 0 aliphatic rings. The molecule has 134 valence electrons. The van der Waals surface area contributed by atoms with Gasteiger partial charge >= 0.3 is 0 Å². The zero-order chi connectivity index (χ0) is 18.7. The molecule has 0 aliphatic carbocycles. The van der Waals surface area contributed by atoms with Gasteiger partial charge in [0.2, 0.25) is 0 Å². The predicted molar refractivity (Wildman–Crippen MR) is 84.0 cm³/mol. The number of halogens is 4. The molecule has 0 heterocycles. The van der Waals surface area contributed by atoms with Crippen molar-refractivity contribution in [1.82, 2.24) is 4.90 Å². The fourth-order valence-corrected chi connectivity index (χ4v) is 2.28. The molecule has 0 aliphatic heterocycles. The lowest BCUT2D eigenvalue weighted by molar-refractivity contribution is -0.138. The number of hydrogen-bond acceptors (Lipinski definition) is 2. The van der Waals surface area contributed by atoms with Gasteiger partial charge in [0.05, 0.1) is 6.04 Å². The van der Waals surface area contributed by atoms with Crippen molar-refractivity contribution in [3.63, 3.8) is 0 Å². The first-order valence-electron chi connectivity index (χ1n) is 7.54. The summed E-state index contributed by atoms with van der Waals surface area (Å²) in [6, 6.07) is 5.80. The van der Waals surface area contributed by atoms with Crippen LogP contribution in [0.25, 0.3) is 0 Å². The van der Waals surface area contributed by atoms with Crippen LogP contribution in [0.4, 0.5) is 17.6 Å². The molecular weight excluding hydrogens is 338 g/mol. The number of benzene rings is 2. The molecule has 0 radical (unpaired) electrons. The number of hydrogen-bond donors (Lipinski definition) is 0. The van der Waals surface area contributed by atoms with Crippen LogP contribution < -0.4 is 4.74 Å². The molecule has 3 nitrogen and oxygen atoms in total. The number of carbonyl (C=O) groups excluding carboxylic acids is 1. The normalized spacial score (nSPS) is 13.2. The molecule has 2 unspecified atom stereocenters. The van der Waals surface area contributed by atoms with E-state index in [0.29, 0.717) is 5.56 Å². The fraction of sp³-hybridized carbons (Fsp3) is 0.278. The third-order valence-corrected chi connectivity index (χ3v) is 3.91. The van der Waals surface area contributed by atoms with Crippen LogP contribution in [0.15, 0.2) is 36.4 Å². The Kier molecular flexibility index (Phi) is 5.66. The van der Waals surface area contributed by atoms with E-state index < -0.39 is 41.3 Å². The van der Waals surface area contributed by atoms with E-state index in [2.05, 4.69) is 0 Å². The van der Waals surface area contributed by atoms with Gasteiger partial charge in [-0.3, -0.25) is 4.79 Å². The summed E-state index contributed by atoms with van der Waals surface area (Å²) >= 11 is 0. The smallest absolute Gasteiger partial charge is 0.263 e. The molecule has 0 saturated carbocycles. The molecular formula is C18H17F4NO2. The zero-order valence-electron chi connectivity index (χ0n) is 13.9. The molecule has 2 atom stereocenters. The molecule has 2 aromatic carbocycles. The second kappa shape index (κ2) is 7.55. The topological polar surface area (TPSA) is 29.5 Å². The highest BCUT2D eigenvalue weighted by Gasteiger charge is 2.24. The molecule has 2 rings (SSSR count). The van der Waals surface area contributed by atoms with Crippen LogP contribution in [-0.2, 0) is 4.79 Å². The molecule has 0 bridgehead atoms. The minimum Gasteiger partial charge on any atom is -0.481 e. The Bertz CT molecular complexity index is 782. The van der Waals surface area contributed by atoms with Gasteiger partial charge in [-0.15, -0.1) is 0 Å². The lowest BCUT2D eigenvalue weighted by atomic mass is 10.1. The standard InChI is InChI=1S/C18H17F4NO2/c1-10(12-4-6-14(19)16(21)8-12)23(3)18(24)11(2)25-13-5-7-15(20)17(22)9-13/h4-11H,1-3H3. The van der Waals surface area contributed by atoms with Crippen LogP contribution in [0.3, 0.4) is 0 Å². The van der Waals surface area contributed by atoms with E-state index in [9.17, 15) is 22.4 Å². The van der Waals surface area contributed by atoms with E-state index in [1.807, 2.05) is 0 Å². The van der Waals surface area contributed by atoms with E-state index in [1.54, 1.807) is 6.92 Å². The van der Waals surface area contributed by atoms with E-state index in [0.717, 1.165) is 24.3 Å². The molecule has 7 heteroatoms. The molecule has 0 saturated heterocycles. The van der Waals surface area contributed by atoms with Gasteiger partial charge in [-0.25, -0.2) is 17.6 Å². The Morgan fingerprint density at radius 2 is 1.48 bits per heavy atom. The van der Waals surface area contributed by atoms with Crippen molar-refractivity contribution in [2.45, 2.75) is 26.0 Å². The number of carbonyl (C=O) groups is 1. The van der Waals surface area contributed by atoms with Crippen molar-refractivity contribution < 1.29 is 27.1 Å². The van der Waals surface area contributed by atoms with E-state index in [-0.39, 0.29) is 5.75 Å². The molecule has 0 N–H and O–H groups in total. The third kappa shape index (κ3) is 4.29. The number of amides is 1. The summed E-state index contributed by atoms with van der Waals surface area (Å²) < 4.78 is 57.8. The predicted octanol–water partition coefficient (Wildman–Crippen LogP) is 4.23. The average molecular weight is 355 g/mol. The second-order valence-electron chi connectivity index (χ2n) is 5.63. The van der Waals surface area contributed by atoms with Gasteiger partial charge < -0.3 is 9.64 Å². The Labute approximate surface area is 142 Å². The summed E-state index contributed by atoms with van der Waals surface area (Å²) in [5.74, 6) is -4.53. The first kappa shape index (κ1) is 18.8. The second-order valence-corrected chi connectivity index (χ2v) is 5.63. The monoisotopic (exact) mass is 355 g/mol. The number of likely N-dealkylation sites (N-methyl/N-ethyl adjacent to an activating group) is 1. The van der Waals surface area contributed by atoms with Crippen molar-refractivity contribution in [3.8, 4) is 5.75 Å². The Morgan fingerprint density at radius 3 is 2.04 bits per heavy atom. The fourth-order valence-electron chi connectivity index (χ4n) is 2.28. The number of rotatable bonds is 5. The maximum Gasteiger partial charge on any atom is 0.263 e. The SMILES string of the molecule is CC(Oc1ccc(F)c(F)c1)C(=O)N(C)C(C)c1ccc(F)c(F)c1. The van der Waals surface area contributed by atoms with Gasteiger partial charge in [0.1, 0.15) is 5.75 Å². The molecule has 0 spiro atoms. The third-order valence-electron chi connectivity index (χ3n) is 3.91. The summed E-state index contributed by atoms with van der Waals surface area (Å²) in [5, 5.41) is 0. The molecule has 0 aromatic heterocycles.